The molecule has 0 aromatic rings. The number of aliphatic hydroxyl groups is 3. The Labute approximate surface area is 118 Å². The molecule has 0 bridgehead atoms. The highest BCUT2D eigenvalue weighted by Crippen LogP contribution is 2.63. The summed E-state index contributed by atoms with van der Waals surface area (Å²) in [6.45, 7) is 7.79. The fourth-order valence-corrected chi connectivity index (χ4v) is 3.74. The first-order chi connectivity index (χ1) is 9.05. The van der Waals surface area contributed by atoms with Crippen LogP contribution in [0.2, 0.25) is 0 Å². The lowest BCUT2D eigenvalue weighted by atomic mass is 10.2. The van der Waals surface area contributed by atoms with Gasteiger partial charge in [-0.1, -0.05) is 6.58 Å². The highest BCUT2D eigenvalue weighted by molar-refractivity contribution is 7.58. The molecule has 1 aliphatic rings. The van der Waals surface area contributed by atoms with Crippen LogP contribution in [0.15, 0.2) is 23.4 Å². The fraction of sp³-hybridized carbons (Fsp3) is 0.667. The lowest BCUT2D eigenvalue weighted by molar-refractivity contribution is -0.00241. The molecule has 1 aliphatic heterocycles. The minimum Gasteiger partial charge on any atom is -0.504 e. The van der Waals surface area contributed by atoms with Crippen molar-refractivity contribution in [2.45, 2.75) is 38.6 Å². The highest BCUT2D eigenvalue weighted by atomic mass is 31.2. The van der Waals surface area contributed by atoms with Gasteiger partial charge in [-0.25, -0.2) is 0 Å². The third-order valence-corrected chi connectivity index (χ3v) is 4.84. The van der Waals surface area contributed by atoms with Crippen molar-refractivity contribution in [3.63, 3.8) is 0 Å². The van der Waals surface area contributed by atoms with E-state index in [9.17, 15) is 14.8 Å². The largest absolute Gasteiger partial charge is 0.504 e. The normalized spacial score (nSPS) is 24.5. The Balaban J connectivity index is 3.29. The summed E-state index contributed by atoms with van der Waals surface area (Å²) >= 11 is 0. The highest BCUT2D eigenvalue weighted by Gasteiger charge is 2.49. The predicted octanol–water partition coefficient (Wildman–Crippen LogP) is 1.68. The third-order valence-electron chi connectivity index (χ3n) is 2.51. The second kappa shape index (κ2) is 5.87. The molecule has 0 aromatic carbocycles. The molecule has 0 saturated heterocycles. The molecule has 1 unspecified atom stereocenters. The molecule has 0 aromatic heterocycles. The lowest BCUT2D eigenvalue weighted by Gasteiger charge is -2.29. The van der Waals surface area contributed by atoms with Crippen LogP contribution in [0.4, 0.5) is 0 Å². The van der Waals surface area contributed by atoms with Crippen molar-refractivity contribution >= 4 is 7.60 Å². The Morgan fingerprint density at radius 3 is 2.45 bits per heavy atom. The third kappa shape index (κ3) is 3.42. The Morgan fingerprint density at radius 1 is 1.50 bits per heavy atom. The molecule has 1 heterocycles. The quantitative estimate of drug-likeness (QED) is 0.663. The first kappa shape index (κ1) is 17.2. The van der Waals surface area contributed by atoms with Crippen molar-refractivity contribution in [2.24, 2.45) is 0 Å². The lowest BCUT2D eigenvalue weighted by Crippen LogP contribution is -2.32. The molecule has 8 heteroatoms. The predicted molar refractivity (Wildman–Crippen MR) is 72.2 cm³/mol. The van der Waals surface area contributed by atoms with Crippen LogP contribution in [0.25, 0.3) is 0 Å². The summed E-state index contributed by atoms with van der Waals surface area (Å²) in [6, 6.07) is 0. The molecular formula is C12H21O7P. The van der Waals surface area contributed by atoms with Crippen LogP contribution in [0, 0.1) is 0 Å². The number of ether oxygens (including phenoxy) is 1. The van der Waals surface area contributed by atoms with Gasteiger partial charge in [0.25, 0.3) is 0 Å². The molecule has 0 radical (unpaired) electrons. The van der Waals surface area contributed by atoms with E-state index < -0.39 is 37.8 Å². The summed E-state index contributed by atoms with van der Waals surface area (Å²) in [4.78, 5) is 0. The number of rotatable bonds is 5. The van der Waals surface area contributed by atoms with Gasteiger partial charge in [0.05, 0.1) is 12.2 Å². The van der Waals surface area contributed by atoms with E-state index in [0.29, 0.717) is 0 Å². The zero-order valence-corrected chi connectivity index (χ0v) is 12.9. The Morgan fingerprint density at radius 2 is 2.05 bits per heavy atom. The zero-order valence-electron chi connectivity index (χ0n) is 12.0. The molecule has 0 saturated carbocycles. The van der Waals surface area contributed by atoms with Crippen LogP contribution >= 0.6 is 7.60 Å². The van der Waals surface area contributed by atoms with Crippen LogP contribution in [0.1, 0.15) is 20.8 Å². The number of aliphatic hydroxyl groups excluding tert-OH is 3. The van der Waals surface area contributed by atoms with Crippen LogP contribution in [0.3, 0.4) is 0 Å². The van der Waals surface area contributed by atoms with Gasteiger partial charge in [0.2, 0.25) is 0 Å². The maximum atomic E-state index is 12.8. The summed E-state index contributed by atoms with van der Waals surface area (Å²) in [5, 5.41) is 28.5. The van der Waals surface area contributed by atoms with Crippen molar-refractivity contribution in [2.75, 3.05) is 13.7 Å². The molecule has 1 rings (SSSR count). The molecule has 20 heavy (non-hydrogen) atoms. The Hall–Kier alpha value is -0.850. The van der Waals surface area contributed by atoms with E-state index in [1.165, 1.54) is 0 Å². The van der Waals surface area contributed by atoms with Crippen LogP contribution in [0.5, 0.6) is 0 Å². The first-order valence-electron chi connectivity index (χ1n) is 6.01. The molecule has 7 nitrogen and oxygen atoms in total. The van der Waals surface area contributed by atoms with E-state index in [-0.39, 0.29) is 11.1 Å². The van der Waals surface area contributed by atoms with Gasteiger partial charge in [-0.3, -0.25) is 9.09 Å². The van der Waals surface area contributed by atoms with Crippen LogP contribution < -0.4 is 0 Å². The number of hydrogen-bond donors (Lipinski definition) is 3. The SMILES string of the molecule is C=C1O[C@H]([C@@H](O)CO)C(P(=O)(OC)OC(C)(C)C)=C1O. The van der Waals surface area contributed by atoms with Crippen molar-refractivity contribution < 1.29 is 33.7 Å². The summed E-state index contributed by atoms with van der Waals surface area (Å²) in [6.07, 6.45) is -2.63. The zero-order chi connectivity index (χ0) is 15.7. The van der Waals surface area contributed by atoms with Gasteiger partial charge in [0.15, 0.2) is 17.6 Å². The second-order valence-corrected chi connectivity index (χ2v) is 7.35. The summed E-state index contributed by atoms with van der Waals surface area (Å²) in [7, 11) is -2.75. The van der Waals surface area contributed by atoms with Crippen LogP contribution in [-0.4, -0.2) is 46.8 Å². The average Bonchev–Trinajstić information content (AvgIpc) is 2.63. The van der Waals surface area contributed by atoms with Crippen molar-refractivity contribution in [1.82, 2.24) is 0 Å². The van der Waals surface area contributed by atoms with E-state index in [1.807, 2.05) is 0 Å². The summed E-state index contributed by atoms with van der Waals surface area (Å²) < 4.78 is 28.3. The first-order valence-corrected chi connectivity index (χ1v) is 7.55. The Bertz CT molecular complexity index is 463. The van der Waals surface area contributed by atoms with Gasteiger partial charge in [0, 0.05) is 7.11 Å². The molecule has 3 atom stereocenters. The van der Waals surface area contributed by atoms with Gasteiger partial charge in [-0.2, -0.15) is 0 Å². The molecule has 0 spiro atoms. The van der Waals surface area contributed by atoms with Crippen molar-refractivity contribution in [3.05, 3.63) is 23.4 Å². The van der Waals surface area contributed by atoms with Gasteiger partial charge in [-0.15, -0.1) is 0 Å². The molecule has 0 fully saturated rings. The number of hydrogen-bond acceptors (Lipinski definition) is 7. The monoisotopic (exact) mass is 308 g/mol. The maximum Gasteiger partial charge on any atom is 0.365 e. The Kier molecular flexibility index (Phi) is 5.05. The van der Waals surface area contributed by atoms with E-state index in [0.717, 1.165) is 7.11 Å². The second-order valence-electron chi connectivity index (χ2n) is 5.33. The van der Waals surface area contributed by atoms with E-state index >= 15 is 0 Å². The van der Waals surface area contributed by atoms with E-state index in [1.54, 1.807) is 20.8 Å². The average molecular weight is 308 g/mol. The smallest absolute Gasteiger partial charge is 0.365 e. The van der Waals surface area contributed by atoms with Gasteiger partial charge < -0.3 is 24.6 Å². The summed E-state index contributed by atoms with van der Waals surface area (Å²) in [5.41, 5.74) is -0.822. The molecule has 116 valence electrons. The standard InChI is InChI=1S/C12H21O7P/c1-7-9(15)11(10(18-7)8(14)6-13)20(16,17-5)19-12(2,3)4/h8,10,13-15H,1,6H2,2-5H3/t8-,10+,20?/m0/s1. The molecule has 0 amide bonds. The van der Waals surface area contributed by atoms with Crippen LogP contribution in [-0.2, 0) is 18.3 Å². The summed E-state index contributed by atoms with van der Waals surface area (Å²) in [5.74, 6) is -0.649. The van der Waals surface area contributed by atoms with Gasteiger partial charge in [-0.05, 0) is 20.8 Å². The van der Waals surface area contributed by atoms with Gasteiger partial charge >= 0.3 is 7.60 Å². The van der Waals surface area contributed by atoms with Gasteiger partial charge in [0.1, 0.15) is 11.4 Å². The maximum absolute atomic E-state index is 12.8. The van der Waals surface area contributed by atoms with E-state index in [4.69, 9.17) is 18.9 Å². The minimum absolute atomic E-state index is 0.160. The fourth-order valence-electron chi connectivity index (χ4n) is 1.73. The minimum atomic E-state index is -3.91. The van der Waals surface area contributed by atoms with Crippen molar-refractivity contribution in [3.8, 4) is 0 Å². The topological polar surface area (TPSA) is 105 Å². The molecule has 0 aliphatic carbocycles. The van der Waals surface area contributed by atoms with E-state index in [2.05, 4.69) is 6.58 Å². The van der Waals surface area contributed by atoms with Crippen molar-refractivity contribution in [1.29, 1.82) is 0 Å². The molecular weight excluding hydrogens is 287 g/mol. The molecule has 3 N–H and O–H groups in total.